The van der Waals surface area contributed by atoms with Gasteiger partial charge in [0, 0.05) is 13.0 Å². The Hall–Kier alpha value is -0.570. The van der Waals surface area contributed by atoms with Gasteiger partial charge in [0.25, 0.3) is 0 Å². The second-order valence-electron chi connectivity index (χ2n) is 2.29. The lowest BCUT2D eigenvalue weighted by molar-refractivity contribution is -0.122. The van der Waals surface area contributed by atoms with Crippen molar-refractivity contribution in [2.45, 2.75) is 25.7 Å². The van der Waals surface area contributed by atoms with Crippen molar-refractivity contribution in [1.29, 1.82) is 0 Å². The van der Waals surface area contributed by atoms with Crippen molar-refractivity contribution in [3.05, 3.63) is 0 Å². The smallest absolute Gasteiger partial charge is 0.234 e. The Morgan fingerprint density at radius 1 is 1.22 bits per heavy atom. The van der Waals surface area contributed by atoms with E-state index in [-0.39, 0.29) is 5.91 Å². The minimum atomic E-state index is 0.120. The minimum Gasteiger partial charge on any atom is -0.292 e. The topological polar surface area (TPSA) is 41.1 Å². The normalized spacial score (nSPS) is 22.0. The zero-order valence-corrected chi connectivity index (χ0v) is 5.44. The number of carbonyl (C=O) groups excluding carboxylic acids is 1. The van der Waals surface area contributed by atoms with Crippen molar-refractivity contribution < 1.29 is 4.79 Å². The summed E-state index contributed by atoms with van der Waals surface area (Å²) < 4.78 is 0. The monoisotopic (exact) mass is 128 g/mol. The molecule has 0 unspecified atom stereocenters. The van der Waals surface area contributed by atoms with Gasteiger partial charge < -0.3 is 0 Å². The van der Waals surface area contributed by atoms with E-state index in [9.17, 15) is 4.79 Å². The van der Waals surface area contributed by atoms with Gasteiger partial charge in [0.05, 0.1) is 0 Å². The number of hydrogen-bond donors (Lipinski definition) is 2. The fraction of sp³-hybridized carbons (Fsp3) is 0.833. The van der Waals surface area contributed by atoms with Crippen molar-refractivity contribution in [2.75, 3.05) is 6.54 Å². The highest BCUT2D eigenvalue weighted by Gasteiger charge is 2.02. The molecule has 1 fully saturated rings. The third-order valence-electron chi connectivity index (χ3n) is 1.43. The van der Waals surface area contributed by atoms with Gasteiger partial charge in [0.15, 0.2) is 0 Å². The van der Waals surface area contributed by atoms with Gasteiger partial charge in [-0.2, -0.15) is 0 Å². The van der Waals surface area contributed by atoms with Crippen LogP contribution in [0.5, 0.6) is 0 Å². The summed E-state index contributed by atoms with van der Waals surface area (Å²) in [6.45, 7) is 0.908. The summed E-state index contributed by atoms with van der Waals surface area (Å²) in [6.07, 6.45) is 4.04. The van der Waals surface area contributed by atoms with Crippen molar-refractivity contribution in [3.63, 3.8) is 0 Å². The Labute approximate surface area is 54.8 Å². The molecule has 1 saturated heterocycles. The van der Waals surface area contributed by atoms with Crippen molar-refractivity contribution in [2.24, 2.45) is 0 Å². The molecule has 9 heavy (non-hydrogen) atoms. The van der Waals surface area contributed by atoms with Crippen LogP contribution in [0.15, 0.2) is 0 Å². The molecule has 0 atom stereocenters. The number of carbonyl (C=O) groups is 1. The van der Waals surface area contributed by atoms with E-state index in [0.29, 0.717) is 6.42 Å². The summed E-state index contributed by atoms with van der Waals surface area (Å²) in [4.78, 5) is 10.7. The molecule has 0 aliphatic carbocycles. The van der Waals surface area contributed by atoms with E-state index in [1.165, 1.54) is 12.8 Å². The number of amides is 1. The number of hydrazine groups is 1. The molecule has 1 aliphatic rings. The third-order valence-corrected chi connectivity index (χ3v) is 1.43. The molecule has 0 radical (unpaired) electrons. The van der Waals surface area contributed by atoms with Crippen LogP contribution in [0.1, 0.15) is 25.7 Å². The fourth-order valence-corrected chi connectivity index (χ4v) is 0.899. The third kappa shape index (κ3) is 2.46. The molecule has 52 valence electrons. The standard InChI is InChI=1S/C6H12N2O/c9-6-4-2-1-3-5-7-8-6/h7H,1-5H2,(H,8,9). The Bertz CT molecular complexity index is 93.2. The van der Waals surface area contributed by atoms with Crippen LogP contribution in [0.3, 0.4) is 0 Å². The van der Waals surface area contributed by atoms with E-state index in [2.05, 4.69) is 10.9 Å². The maximum atomic E-state index is 10.7. The van der Waals surface area contributed by atoms with Gasteiger partial charge in [-0.15, -0.1) is 0 Å². The van der Waals surface area contributed by atoms with E-state index >= 15 is 0 Å². The van der Waals surface area contributed by atoms with Crippen LogP contribution < -0.4 is 10.9 Å². The zero-order valence-electron chi connectivity index (χ0n) is 5.44. The molecule has 1 rings (SSSR count). The number of rotatable bonds is 0. The van der Waals surface area contributed by atoms with E-state index in [4.69, 9.17) is 0 Å². The van der Waals surface area contributed by atoms with E-state index in [1.807, 2.05) is 0 Å². The molecular formula is C6H12N2O. The Morgan fingerprint density at radius 2 is 2.11 bits per heavy atom. The first-order chi connectivity index (χ1) is 4.39. The van der Waals surface area contributed by atoms with Crippen LogP contribution in [0.2, 0.25) is 0 Å². The van der Waals surface area contributed by atoms with Crippen LogP contribution >= 0.6 is 0 Å². The van der Waals surface area contributed by atoms with Gasteiger partial charge in [0.2, 0.25) is 5.91 Å². The average molecular weight is 128 g/mol. The van der Waals surface area contributed by atoms with Crippen molar-refractivity contribution >= 4 is 5.91 Å². The second kappa shape index (κ2) is 3.45. The summed E-state index contributed by atoms with van der Waals surface area (Å²) in [5.74, 6) is 0.120. The molecule has 0 aromatic rings. The molecule has 0 aromatic carbocycles. The van der Waals surface area contributed by atoms with Gasteiger partial charge in [-0.05, 0) is 12.8 Å². The van der Waals surface area contributed by atoms with Gasteiger partial charge in [-0.3, -0.25) is 10.2 Å². The molecule has 2 N–H and O–H groups in total. The molecule has 0 aromatic heterocycles. The molecule has 3 nitrogen and oxygen atoms in total. The highest BCUT2D eigenvalue weighted by Crippen LogP contribution is 1.99. The summed E-state index contributed by atoms with van der Waals surface area (Å²) >= 11 is 0. The molecule has 0 saturated carbocycles. The first-order valence-electron chi connectivity index (χ1n) is 3.41. The van der Waals surface area contributed by atoms with E-state index < -0.39 is 0 Å². The summed E-state index contributed by atoms with van der Waals surface area (Å²) in [7, 11) is 0. The molecule has 3 heteroatoms. The van der Waals surface area contributed by atoms with E-state index in [0.717, 1.165) is 13.0 Å². The quantitative estimate of drug-likeness (QED) is 0.488. The molecule has 1 heterocycles. The average Bonchev–Trinajstić information content (AvgIpc) is 1.79. The van der Waals surface area contributed by atoms with Crippen LogP contribution in [0.25, 0.3) is 0 Å². The molecule has 1 amide bonds. The molecule has 1 aliphatic heterocycles. The predicted octanol–water partition coefficient (Wildman–Crippen LogP) is 0.181. The first kappa shape index (κ1) is 6.55. The largest absolute Gasteiger partial charge is 0.292 e. The minimum absolute atomic E-state index is 0.120. The van der Waals surface area contributed by atoms with Crippen molar-refractivity contribution in [1.82, 2.24) is 10.9 Å². The SMILES string of the molecule is O=C1CCCCCNN1. The number of nitrogens with one attached hydrogen (secondary N) is 2. The maximum Gasteiger partial charge on any atom is 0.234 e. The fourth-order valence-electron chi connectivity index (χ4n) is 0.899. The maximum absolute atomic E-state index is 10.7. The lowest BCUT2D eigenvalue weighted by atomic mass is 10.2. The lowest BCUT2D eigenvalue weighted by Crippen LogP contribution is -2.38. The lowest BCUT2D eigenvalue weighted by Gasteiger charge is -2.09. The molecular weight excluding hydrogens is 116 g/mol. The number of hydrogen-bond acceptors (Lipinski definition) is 2. The summed E-state index contributed by atoms with van der Waals surface area (Å²) in [5.41, 5.74) is 5.43. The second-order valence-corrected chi connectivity index (χ2v) is 2.29. The van der Waals surface area contributed by atoms with Crippen molar-refractivity contribution in [3.8, 4) is 0 Å². The predicted molar refractivity (Wildman–Crippen MR) is 34.6 cm³/mol. The van der Waals surface area contributed by atoms with Gasteiger partial charge in [-0.1, -0.05) is 6.42 Å². The van der Waals surface area contributed by atoms with E-state index in [1.54, 1.807) is 0 Å². The first-order valence-corrected chi connectivity index (χ1v) is 3.41. The molecule has 0 spiro atoms. The molecule has 0 bridgehead atoms. The van der Waals surface area contributed by atoms with Crippen LogP contribution in [0, 0.1) is 0 Å². The Balaban J connectivity index is 2.20. The van der Waals surface area contributed by atoms with Gasteiger partial charge >= 0.3 is 0 Å². The zero-order chi connectivity index (χ0) is 6.53. The highest BCUT2D eigenvalue weighted by atomic mass is 16.2. The van der Waals surface area contributed by atoms with Crippen LogP contribution in [0.4, 0.5) is 0 Å². The summed E-state index contributed by atoms with van der Waals surface area (Å²) in [6, 6.07) is 0. The highest BCUT2D eigenvalue weighted by molar-refractivity contribution is 5.75. The Kier molecular flexibility index (Phi) is 2.51. The Morgan fingerprint density at radius 3 is 3.00 bits per heavy atom. The van der Waals surface area contributed by atoms with Gasteiger partial charge in [0.1, 0.15) is 0 Å². The van der Waals surface area contributed by atoms with Crippen LogP contribution in [-0.2, 0) is 4.79 Å². The summed E-state index contributed by atoms with van der Waals surface area (Å²) in [5, 5.41) is 0. The van der Waals surface area contributed by atoms with Crippen LogP contribution in [-0.4, -0.2) is 12.5 Å². The van der Waals surface area contributed by atoms with Gasteiger partial charge in [-0.25, -0.2) is 5.43 Å².